The van der Waals surface area contributed by atoms with E-state index in [4.69, 9.17) is 31.3 Å². The largest absolute Gasteiger partial charge is 0.409 e. The predicted molar refractivity (Wildman–Crippen MR) is 128 cm³/mol. The van der Waals surface area contributed by atoms with E-state index in [1.165, 1.54) is 0 Å². The van der Waals surface area contributed by atoms with Crippen LogP contribution in [0, 0.1) is 6.57 Å². The predicted octanol–water partition coefficient (Wildman–Crippen LogP) is 3.39. The molecule has 1 N–H and O–H groups in total. The molecule has 5 atom stereocenters. The molecule has 0 bridgehead atoms. The van der Waals surface area contributed by atoms with Crippen molar-refractivity contribution >= 4 is 24.7 Å². The molecular weight excluding hydrogens is 418 g/mol. The molecule has 30 heavy (non-hydrogen) atoms. The van der Waals surface area contributed by atoms with E-state index in [9.17, 15) is 0 Å². The minimum atomic E-state index is -2.09. The number of hydrogen-bond acceptors (Lipinski definition) is 6. The van der Waals surface area contributed by atoms with Gasteiger partial charge in [0.05, 0.1) is 18.7 Å². The van der Waals surface area contributed by atoms with Crippen LogP contribution in [0.15, 0.2) is 0 Å². The zero-order valence-electron chi connectivity index (χ0n) is 21.5. The fourth-order valence-electron chi connectivity index (χ4n) is 3.24. The third-order valence-corrected chi connectivity index (χ3v) is 12.4. The van der Waals surface area contributed by atoms with Crippen molar-refractivity contribution in [2.75, 3.05) is 19.8 Å². The Kier molecular flexibility index (Phi) is 10.2. The Morgan fingerprint density at radius 3 is 2.33 bits per heavy atom. The molecule has 1 fully saturated rings. The number of rotatable bonds is 12. The number of ether oxygens (including phenoxy) is 1. The van der Waals surface area contributed by atoms with Gasteiger partial charge < -0.3 is 28.2 Å². The van der Waals surface area contributed by atoms with Crippen LogP contribution in [-0.2, 0) is 18.2 Å². The molecule has 0 aromatic rings. The molecule has 1 aliphatic heterocycles. The maximum Gasteiger partial charge on any atom is 0.259 e. The highest BCUT2D eigenvalue weighted by Crippen LogP contribution is 2.50. The number of nitrogens with zero attached hydrogens (tertiary/aromatic N) is 2. The van der Waals surface area contributed by atoms with E-state index in [2.05, 4.69) is 71.1 Å². The maximum absolute atomic E-state index is 7.27. The van der Waals surface area contributed by atoms with Crippen LogP contribution in [0.5, 0.6) is 0 Å². The molecule has 7 nitrogen and oxygen atoms in total. The monoisotopic (exact) mass is 461 g/mol. The normalized spacial score (nSPS) is 27.0. The van der Waals surface area contributed by atoms with Crippen molar-refractivity contribution in [1.82, 2.24) is 4.67 Å². The van der Waals surface area contributed by atoms with Crippen molar-refractivity contribution in [3.8, 4) is 0 Å². The van der Waals surface area contributed by atoms with Gasteiger partial charge in [-0.3, -0.25) is 0 Å². The van der Waals surface area contributed by atoms with Crippen LogP contribution in [0.4, 0.5) is 0 Å². The Balaban J connectivity index is 3.22. The highest BCUT2D eigenvalue weighted by molar-refractivity contribution is 7.44. The second-order valence-corrected chi connectivity index (χ2v) is 16.1. The lowest BCUT2D eigenvalue weighted by Crippen LogP contribution is -2.50. The third-order valence-electron chi connectivity index (χ3n) is 5.81. The van der Waals surface area contributed by atoms with E-state index in [1.54, 1.807) is 0 Å². The van der Waals surface area contributed by atoms with Gasteiger partial charge in [0.25, 0.3) is 8.53 Å². The molecule has 1 aliphatic rings. The molecule has 0 aromatic carbocycles. The van der Waals surface area contributed by atoms with Crippen molar-refractivity contribution in [3.05, 3.63) is 11.4 Å². The van der Waals surface area contributed by atoms with Gasteiger partial charge in [-0.15, -0.1) is 0 Å². The molecule has 0 saturated carbocycles. The Morgan fingerprint density at radius 1 is 1.27 bits per heavy atom. The van der Waals surface area contributed by atoms with E-state index in [1.807, 2.05) is 7.85 Å². The first-order chi connectivity index (χ1) is 14.3. The summed E-state index contributed by atoms with van der Waals surface area (Å²) in [5.41, 5.74) is 0. The smallest absolute Gasteiger partial charge is 0.259 e. The van der Waals surface area contributed by atoms with Crippen LogP contribution in [-0.4, -0.2) is 83.5 Å². The average molecular weight is 461 g/mol. The van der Waals surface area contributed by atoms with E-state index >= 15 is 0 Å². The molecule has 0 amide bonds. The van der Waals surface area contributed by atoms with Gasteiger partial charge in [0, 0.05) is 12.1 Å². The quantitative estimate of drug-likeness (QED) is 0.208. The van der Waals surface area contributed by atoms with E-state index in [-0.39, 0.29) is 42.4 Å². The van der Waals surface area contributed by atoms with E-state index < -0.39 is 29.1 Å². The minimum Gasteiger partial charge on any atom is -0.409 e. The zero-order valence-corrected chi connectivity index (χ0v) is 22.4. The molecule has 0 aliphatic carbocycles. The first-order valence-corrected chi connectivity index (χ1v) is 14.9. The number of hydrogen-bond donors (Lipinski definition) is 1. The Bertz CT molecular complexity index is 583. The van der Waals surface area contributed by atoms with Crippen LogP contribution >= 0.6 is 8.53 Å². The van der Waals surface area contributed by atoms with Gasteiger partial charge in [-0.1, -0.05) is 20.8 Å². The topological polar surface area (TPSA) is 64.8 Å². The van der Waals surface area contributed by atoms with Crippen molar-refractivity contribution in [1.29, 1.82) is 1.43 Å². The average Bonchev–Trinajstić information content (AvgIpc) is 2.88. The molecule has 1 rings (SSSR count). The lowest BCUT2D eigenvalue weighted by atomic mass is 9.93. The fraction of sp³-hybridized carbons (Fsp3) is 0.950. The molecule has 0 aromatic heterocycles. The van der Waals surface area contributed by atoms with Crippen molar-refractivity contribution < 1.29 is 23.3 Å². The lowest BCUT2D eigenvalue weighted by molar-refractivity contribution is -0.00402. The van der Waals surface area contributed by atoms with Crippen LogP contribution in [0.25, 0.3) is 4.85 Å². The summed E-state index contributed by atoms with van der Waals surface area (Å²) in [6.07, 6.45) is -1.12. The summed E-state index contributed by atoms with van der Waals surface area (Å²) in [7, 11) is -1.55. The van der Waals surface area contributed by atoms with Gasteiger partial charge in [0.15, 0.2) is 8.32 Å². The first-order valence-electron chi connectivity index (χ1n) is 11.3. The molecule has 10 heteroatoms. The molecule has 0 spiro atoms. The van der Waals surface area contributed by atoms with Gasteiger partial charge >= 0.3 is 0 Å². The number of aliphatic hydroxyl groups is 1. The first kappa shape index (κ1) is 26.2. The summed E-state index contributed by atoms with van der Waals surface area (Å²) in [5.74, 6) is 0. The Labute approximate surface area is 188 Å². The fourth-order valence-corrected chi connectivity index (χ4v) is 6.36. The molecule has 174 valence electrons. The van der Waals surface area contributed by atoms with Gasteiger partial charge in [-0.2, -0.15) is 0 Å². The van der Waals surface area contributed by atoms with Gasteiger partial charge in [-0.05, 0) is 45.8 Å². The Hall–Kier alpha value is -0.0382. The maximum atomic E-state index is 7.27. The lowest BCUT2D eigenvalue weighted by Gasteiger charge is -2.42. The molecule has 1 saturated heterocycles. The summed E-state index contributed by atoms with van der Waals surface area (Å²) < 4.78 is 35.1. The minimum absolute atomic E-state index is 0.0417. The van der Waals surface area contributed by atoms with Crippen LogP contribution in [0.2, 0.25) is 18.1 Å². The molecule has 0 radical (unpaired) electrons. The summed E-state index contributed by atoms with van der Waals surface area (Å²) >= 11 is 0. The summed E-state index contributed by atoms with van der Waals surface area (Å²) in [6.45, 7) is 27.3. The molecule has 1 heterocycles. The zero-order chi connectivity index (χ0) is 24.0. The SMILES string of the molecule is [2H]OC[C@H]1O[C@@H](B)[C@@H](O[Si](C)(C)C(C)(C)C)C1OP(OCC[N+]#[C-])N(C(C)C)C(C)C. The van der Waals surface area contributed by atoms with E-state index in [0.29, 0.717) is 6.61 Å². The van der Waals surface area contributed by atoms with Gasteiger partial charge in [0.1, 0.15) is 26.7 Å². The number of aliphatic hydroxyl groups excluding tert-OH is 1. The van der Waals surface area contributed by atoms with Crippen LogP contribution in [0.1, 0.15) is 48.5 Å². The van der Waals surface area contributed by atoms with Gasteiger partial charge in [-0.25, -0.2) is 11.2 Å². The second kappa shape index (κ2) is 11.7. The van der Waals surface area contributed by atoms with Gasteiger partial charge in [0.2, 0.25) is 7.98 Å². The third kappa shape index (κ3) is 7.25. The van der Waals surface area contributed by atoms with Crippen molar-refractivity contribution in [2.45, 2.75) is 103 Å². The Morgan fingerprint density at radius 2 is 1.87 bits per heavy atom. The highest BCUT2D eigenvalue weighted by atomic mass is 31.2. The standard InChI is InChI=1S/C20H42BN2O5PSi/c1-14(2)23(15(3)4)29(25-12-11-22-8)27-17-16(13-24)26-19(21)18(17)28-30(9,10)20(5,6)7/h14-19,24H,11-13,21H2,1-7,9-10H3/t16-,17?,18+,19-,29?/m1/s1/i24D. The van der Waals surface area contributed by atoms with Crippen LogP contribution in [0.3, 0.4) is 0 Å². The second-order valence-electron chi connectivity index (χ2n) is 9.98. The summed E-state index contributed by atoms with van der Waals surface area (Å²) in [4.78, 5) is 3.41. The molecular formula is C20H42BN2O5PSi. The van der Waals surface area contributed by atoms with Crippen molar-refractivity contribution in [2.24, 2.45) is 0 Å². The van der Waals surface area contributed by atoms with E-state index in [0.717, 1.165) is 0 Å². The molecule has 2 unspecified atom stereocenters. The van der Waals surface area contributed by atoms with Crippen LogP contribution < -0.4 is 0 Å². The summed E-state index contributed by atoms with van der Waals surface area (Å²) in [5, 5.41) is 4.74. The van der Waals surface area contributed by atoms with Crippen molar-refractivity contribution in [3.63, 3.8) is 0 Å². The summed E-state index contributed by atoms with van der Waals surface area (Å²) in [6, 6.07) is 0.208. The highest BCUT2D eigenvalue weighted by Gasteiger charge is 2.50.